The number of carbonyl (C=O) groups is 2. The van der Waals surface area contributed by atoms with Crippen molar-refractivity contribution in [3.05, 3.63) is 71.4 Å². The highest BCUT2D eigenvalue weighted by molar-refractivity contribution is 5.79. The number of nitrogens with one attached hydrogen (secondary N) is 2. The van der Waals surface area contributed by atoms with Crippen LogP contribution in [0.15, 0.2) is 52.9 Å². The van der Waals surface area contributed by atoms with Crippen molar-refractivity contribution >= 4 is 12.2 Å². The van der Waals surface area contributed by atoms with Gasteiger partial charge in [-0.25, -0.2) is 9.59 Å². The van der Waals surface area contributed by atoms with Crippen LogP contribution in [0.2, 0.25) is 0 Å². The molecule has 208 valence electrons. The van der Waals surface area contributed by atoms with E-state index in [4.69, 9.17) is 18.6 Å². The van der Waals surface area contributed by atoms with Crippen LogP contribution >= 0.6 is 0 Å². The summed E-state index contributed by atoms with van der Waals surface area (Å²) in [6.07, 6.45) is 0.653. The molecule has 0 saturated heterocycles. The molecule has 0 unspecified atom stereocenters. The molecule has 0 fully saturated rings. The Labute approximate surface area is 228 Å². The third-order valence-corrected chi connectivity index (χ3v) is 6.13. The molecule has 10 heteroatoms. The number of amides is 2. The van der Waals surface area contributed by atoms with Crippen molar-refractivity contribution in [2.75, 3.05) is 19.8 Å². The van der Waals surface area contributed by atoms with Crippen LogP contribution in [0.25, 0.3) is 11.1 Å². The number of hydrogen-bond donors (Lipinski definition) is 2. The molecular formula is C29H36N4O6. The zero-order chi connectivity index (χ0) is 27.8. The summed E-state index contributed by atoms with van der Waals surface area (Å²) in [5, 5.41) is 13.4. The van der Waals surface area contributed by atoms with Crippen LogP contribution in [0, 0.1) is 0 Å². The van der Waals surface area contributed by atoms with E-state index in [1.54, 1.807) is 20.8 Å². The molecule has 0 saturated carbocycles. The molecule has 10 nitrogen and oxygen atoms in total. The number of unbranched alkanes of at least 4 members (excludes halogenated alkanes) is 1. The van der Waals surface area contributed by atoms with Gasteiger partial charge in [0.2, 0.25) is 11.8 Å². The van der Waals surface area contributed by atoms with E-state index in [2.05, 4.69) is 52.0 Å². The van der Waals surface area contributed by atoms with Gasteiger partial charge in [0, 0.05) is 12.5 Å². The topological polar surface area (TPSA) is 125 Å². The molecule has 1 atom stereocenters. The Bertz CT molecular complexity index is 1220. The standard InChI is InChI=1S/C29H36N4O6/c1-5-6-15-36-18-24(31-28(35)39-29(2,3)4)26-33-32-25(38-26)16-30-27(34)37-17-23-21-13-9-7-11-19(21)20-12-8-10-14-22(20)23/h7-14,23-24H,5-6,15-18H2,1-4H3,(H,30,34)(H,31,35)/t24-/m0/s1. The maximum atomic E-state index is 12.5. The molecule has 0 bridgehead atoms. The first-order valence-corrected chi connectivity index (χ1v) is 13.2. The number of nitrogens with zero attached hydrogens (tertiary/aromatic N) is 2. The Kier molecular flexibility index (Phi) is 9.19. The van der Waals surface area contributed by atoms with Gasteiger partial charge in [-0.05, 0) is 49.4 Å². The van der Waals surface area contributed by atoms with Crippen molar-refractivity contribution in [2.45, 2.75) is 64.6 Å². The molecule has 0 spiro atoms. The van der Waals surface area contributed by atoms with Crippen LogP contribution in [-0.2, 0) is 20.8 Å². The lowest BCUT2D eigenvalue weighted by atomic mass is 9.98. The molecule has 1 aliphatic rings. The molecule has 1 heterocycles. The minimum absolute atomic E-state index is 0.0283. The first-order valence-electron chi connectivity index (χ1n) is 13.2. The summed E-state index contributed by atoms with van der Waals surface area (Å²) in [4.78, 5) is 24.8. The van der Waals surface area contributed by atoms with Crippen molar-refractivity contribution < 1.29 is 28.2 Å². The summed E-state index contributed by atoms with van der Waals surface area (Å²) in [5.74, 6) is 0.287. The largest absolute Gasteiger partial charge is 0.449 e. The molecule has 1 aliphatic carbocycles. The van der Waals surface area contributed by atoms with E-state index in [0.29, 0.717) is 6.61 Å². The zero-order valence-electron chi connectivity index (χ0n) is 22.9. The summed E-state index contributed by atoms with van der Waals surface area (Å²) in [6, 6.07) is 15.6. The van der Waals surface area contributed by atoms with Crippen LogP contribution in [0.3, 0.4) is 0 Å². The molecule has 2 aromatic carbocycles. The lowest BCUT2D eigenvalue weighted by Gasteiger charge is -2.22. The smallest absolute Gasteiger partial charge is 0.408 e. The summed E-state index contributed by atoms with van der Waals surface area (Å²) in [6.45, 7) is 8.24. The summed E-state index contributed by atoms with van der Waals surface area (Å²) in [7, 11) is 0. The SMILES string of the molecule is CCCCOC[C@H](NC(=O)OC(C)(C)C)c1nnc(CNC(=O)OCC2c3ccccc3-c3ccccc32)o1. The molecule has 39 heavy (non-hydrogen) atoms. The summed E-state index contributed by atoms with van der Waals surface area (Å²) >= 11 is 0. The normalized spacial score (nSPS) is 13.3. The van der Waals surface area contributed by atoms with E-state index in [1.165, 1.54) is 0 Å². The van der Waals surface area contributed by atoms with E-state index in [0.717, 1.165) is 35.1 Å². The Morgan fingerprint density at radius 1 is 1.00 bits per heavy atom. The van der Waals surface area contributed by atoms with Crippen molar-refractivity contribution in [1.29, 1.82) is 0 Å². The number of carbonyl (C=O) groups excluding carboxylic acids is 2. The Balaban J connectivity index is 1.32. The molecule has 3 aromatic rings. The van der Waals surface area contributed by atoms with Gasteiger partial charge in [-0.2, -0.15) is 0 Å². The third kappa shape index (κ3) is 7.57. The van der Waals surface area contributed by atoms with Gasteiger partial charge in [-0.3, -0.25) is 0 Å². The maximum absolute atomic E-state index is 12.5. The second-order valence-electron chi connectivity index (χ2n) is 10.3. The van der Waals surface area contributed by atoms with E-state index >= 15 is 0 Å². The van der Waals surface area contributed by atoms with Crippen LogP contribution in [0.4, 0.5) is 9.59 Å². The van der Waals surface area contributed by atoms with Gasteiger partial charge >= 0.3 is 12.2 Å². The van der Waals surface area contributed by atoms with E-state index in [9.17, 15) is 9.59 Å². The molecule has 2 amide bonds. The van der Waals surface area contributed by atoms with Crippen LogP contribution < -0.4 is 10.6 Å². The maximum Gasteiger partial charge on any atom is 0.408 e. The lowest BCUT2D eigenvalue weighted by Crippen LogP contribution is -2.37. The highest BCUT2D eigenvalue weighted by Gasteiger charge is 2.29. The number of ether oxygens (including phenoxy) is 3. The first kappa shape index (κ1) is 28.1. The number of aromatic nitrogens is 2. The monoisotopic (exact) mass is 536 g/mol. The lowest BCUT2D eigenvalue weighted by molar-refractivity contribution is 0.0417. The second kappa shape index (κ2) is 12.8. The van der Waals surface area contributed by atoms with Gasteiger partial charge in [-0.15, -0.1) is 10.2 Å². The van der Waals surface area contributed by atoms with Crippen LogP contribution in [-0.4, -0.2) is 47.8 Å². The van der Waals surface area contributed by atoms with Gasteiger partial charge in [0.1, 0.15) is 18.2 Å². The predicted molar refractivity (Wildman–Crippen MR) is 144 cm³/mol. The number of alkyl carbamates (subject to hydrolysis) is 2. The van der Waals surface area contributed by atoms with Crippen molar-refractivity contribution in [1.82, 2.24) is 20.8 Å². The van der Waals surface area contributed by atoms with Gasteiger partial charge in [-0.1, -0.05) is 61.9 Å². The molecule has 4 rings (SSSR count). The van der Waals surface area contributed by atoms with Gasteiger partial charge in [0.25, 0.3) is 0 Å². The Morgan fingerprint density at radius 2 is 1.67 bits per heavy atom. The highest BCUT2D eigenvalue weighted by Crippen LogP contribution is 2.44. The van der Waals surface area contributed by atoms with Gasteiger partial charge in [0.15, 0.2) is 0 Å². The fraction of sp³-hybridized carbons (Fsp3) is 0.448. The third-order valence-electron chi connectivity index (χ3n) is 6.13. The van der Waals surface area contributed by atoms with Gasteiger partial charge < -0.3 is 29.3 Å². The van der Waals surface area contributed by atoms with Crippen molar-refractivity contribution in [3.8, 4) is 11.1 Å². The fourth-order valence-electron chi connectivity index (χ4n) is 4.35. The van der Waals surface area contributed by atoms with Crippen molar-refractivity contribution in [3.63, 3.8) is 0 Å². The van der Waals surface area contributed by atoms with Gasteiger partial charge in [0.05, 0.1) is 13.2 Å². The minimum atomic E-state index is -0.701. The fourth-order valence-corrected chi connectivity index (χ4v) is 4.35. The molecular weight excluding hydrogens is 500 g/mol. The van der Waals surface area contributed by atoms with E-state index < -0.39 is 23.8 Å². The van der Waals surface area contributed by atoms with Crippen LogP contribution in [0.1, 0.15) is 75.4 Å². The first-order chi connectivity index (χ1) is 18.7. The molecule has 1 aromatic heterocycles. The highest BCUT2D eigenvalue weighted by atomic mass is 16.6. The van der Waals surface area contributed by atoms with Crippen LogP contribution in [0.5, 0.6) is 0 Å². The van der Waals surface area contributed by atoms with E-state index in [1.807, 2.05) is 24.3 Å². The quantitative estimate of drug-likeness (QED) is 0.308. The predicted octanol–water partition coefficient (Wildman–Crippen LogP) is 5.49. The summed E-state index contributed by atoms with van der Waals surface area (Å²) in [5.41, 5.74) is 3.93. The molecule has 0 radical (unpaired) electrons. The number of benzene rings is 2. The molecule has 0 aliphatic heterocycles. The zero-order valence-corrected chi connectivity index (χ0v) is 22.9. The number of rotatable bonds is 11. The molecule has 2 N–H and O–H groups in total. The second-order valence-corrected chi connectivity index (χ2v) is 10.3. The number of fused-ring (bicyclic) bond motifs is 3. The Morgan fingerprint density at radius 3 is 2.31 bits per heavy atom. The number of hydrogen-bond acceptors (Lipinski definition) is 8. The summed E-state index contributed by atoms with van der Waals surface area (Å²) < 4.78 is 22.3. The van der Waals surface area contributed by atoms with Crippen molar-refractivity contribution in [2.24, 2.45) is 0 Å². The Hall–Kier alpha value is -3.92. The minimum Gasteiger partial charge on any atom is -0.449 e. The van der Waals surface area contributed by atoms with E-state index in [-0.39, 0.29) is 37.5 Å². The average Bonchev–Trinajstić information content (AvgIpc) is 3.50. The average molecular weight is 537 g/mol.